The fourth-order valence-corrected chi connectivity index (χ4v) is 2.75. The first kappa shape index (κ1) is 16.9. The van der Waals surface area contributed by atoms with Gasteiger partial charge < -0.3 is 15.0 Å². The fourth-order valence-electron chi connectivity index (χ4n) is 2.75. The van der Waals surface area contributed by atoms with E-state index in [1.165, 1.54) is 7.11 Å². The van der Waals surface area contributed by atoms with Crippen LogP contribution in [-0.4, -0.2) is 25.5 Å². The molecule has 7 heteroatoms. The highest BCUT2D eigenvalue weighted by molar-refractivity contribution is 6.05. The molecule has 5 nitrogen and oxygen atoms in total. The summed E-state index contributed by atoms with van der Waals surface area (Å²) in [5.74, 6) is -1.93. The molecule has 25 heavy (non-hydrogen) atoms. The molecule has 0 aromatic heterocycles. The van der Waals surface area contributed by atoms with Gasteiger partial charge in [-0.1, -0.05) is 0 Å². The van der Waals surface area contributed by atoms with Gasteiger partial charge in [-0.2, -0.15) is 0 Å². The molecule has 3 rings (SSSR count). The molecule has 1 N–H and O–H groups in total. The predicted molar refractivity (Wildman–Crippen MR) is 88.9 cm³/mol. The standard InChI is InChI=1S/C18H16F2N2O3/c1-25-16-7-5-12(10-15(16)22-8-2-3-17(22)23)21-18(24)13-6-4-11(19)9-14(13)20/h4-7,9-10H,2-3,8H2,1H3,(H,21,24). The molecule has 1 heterocycles. The second-order valence-corrected chi connectivity index (χ2v) is 5.61. The van der Waals surface area contributed by atoms with Crippen molar-refractivity contribution in [3.05, 3.63) is 53.6 Å². The molecule has 0 spiro atoms. The van der Waals surface area contributed by atoms with E-state index in [9.17, 15) is 18.4 Å². The molecule has 0 unspecified atom stereocenters. The summed E-state index contributed by atoms with van der Waals surface area (Å²) in [6.45, 7) is 0.569. The number of benzene rings is 2. The van der Waals surface area contributed by atoms with Crippen LogP contribution in [0.3, 0.4) is 0 Å². The Kier molecular flexibility index (Phi) is 4.65. The highest BCUT2D eigenvalue weighted by atomic mass is 19.1. The van der Waals surface area contributed by atoms with Gasteiger partial charge in [0.1, 0.15) is 17.4 Å². The van der Waals surface area contributed by atoms with E-state index < -0.39 is 17.5 Å². The number of nitrogens with zero attached hydrogens (tertiary/aromatic N) is 1. The minimum absolute atomic E-state index is 0.0219. The van der Waals surface area contributed by atoms with Gasteiger partial charge in [-0.25, -0.2) is 8.78 Å². The predicted octanol–water partition coefficient (Wildman–Crippen LogP) is 3.35. The number of halogens is 2. The van der Waals surface area contributed by atoms with Crippen molar-refractivity contribution in [2.75, 3.05) is 23.9 Å². The second kappa shape index (κ2) is 6.88. The van der Waals surface area contributed by atoms with E-state index in [1.807, 2.05) is 0 Å². The van der Waals surface area contributed by atoms with Gasteiger partial charge in [0.2, 0.25) is 5.91 Å². The van der Waals surface area contributed by atoms with Gasteiger partial charge in [0, 0.05) is 24.7 Å². The molecule has 1 aliphatic rings. The van der Waals surface area contributed by atoms with Crippen LogP contribution in [-0.2, 0) is 4.79 Å². The number of hydrogen-bond acceptors (Lipinski definition) is 3. The number of carbonyl (C=O) groups is 2. The first-order valence-corrected chi connectivity index (χ1v) is 7.74. The lowest BCUT2D eigenvalue weighted by Crippen LogP contribution is -2.24. The van der Waals surface area contributed by atoms with Crippen LogP contribution in [0.4, 0.5) is 20.2 Å². The third-order valence-corrected chi connectivity index (χ3v) is 3.98. The van der Waals surface area contributed by atoms with Gasteiger partial charge in [-0.15, -0.1) is 0 Å². The smallest absolute Gasteiger partial charge is 0.258 e. The van der Waals surface area contributed by atoms with Crippen LogP contribution < -0.4 is 15.0 Å². The van der Waals surface area contributed by atoms with Crippen molar-refractivity contribution in [3.63, 3.8) is 0 Å². The number of anilines is 2. The van der Waals surface area contributed by atoms with E-state index >= 15 is 0 Å². The van der Waals surface area contributed by atoms with Crippen molar-refractivity contribution in [1.29, 1.82) is 0 Å². The molecular formula is C18H16F2N2O3. The van der Waals surface area contributed by atoms with Crippen LogP contribution in [0, 0.1) is 11.6 Å². The van der Waals surface area contributed by atoms with Crippen molar-refractivity contribution in [1.82, 2.24) is 0 Å². The molecule has 0 bridgehead atoms. The van der Waals surface area contributed by atoms with E-state index in [1.54, 1.807) is 23.1 Å². The Hall–Kier alpha value is -2.96. The molecule has 2 aromatic rings. The molecule has 0 radical (unpaired) electrons. The summed E-state index contributed by atoms with van der Waals surface area (Å²) in [7, 11) is 1.49. The average molecular weight is 346 g/mol. The summed E-state index contributed by atoms with van der Waals surface area (Å²) in [5, 5.41) is 2.55. The molecule has 2 aromatic carbocycles. The zero-order chi connectivity index (χ0) is 18.0. The molecule has 0 saturated carbocycles. The number of nitrogens with one attached hydrogen (secondary N) is 1. The van der Waals surface area contributed by atoms with Crippen molar-refractivity contribution >= 4 is 23.2 Å². The number of hydrogen-bond donors (Lipinski definition) is 1. The zero-order valence-corrected chi connectivity index (χ0v) is 13.5. The lowest BCUT2D eigenvalue weighted by atomic mass is 10.1. The molecule has 1 saturated heterocycles. The monoisotopic (exact) mass is 346 g/mol. The summed E-state index contributed by atoms with van der Waals surface area (Å²) >= 11 is 0. The Morgan fingerprint density at radius 2 is 2.00 bits per heavy atom. The molecule has 1 aliphatic heterocycles. The lowest BCUT2D eigenvalue weighted by Gasteiger charge is -2.20. The van der Waals surface area contributed by atoms with Gasteiger partial charge in [-0.05, 0) is 36.8 Å². The quantitative estimate of drug-likeness (QED) is 0.924. The average Bonchev–Trinajstić information content (AvgIpc) is 3.00. The minimum atomic E-state index is -0.944. The molecular weight excluding hydrogens is 330 g/mol. The second-order valence-electron chi connectivity index (χ2n) is 5.61. The molecule has 130 valence electrons. The Bertz CT molecular complexity index is 839. The molecule has 2 amide bonds. The van der Waals surface area contributed by atoms with E-state index in [-0.39, 0.29) is 11.5 Å². The van der Waals surface area contributed by atoms with Crippen LogP contribution in [0.5, 0.6) is 5.75 Å². The van der Waals surface area contributed by atoms with E-state index in [0.29, 0.717) is 36.2 Å². The number of amides is 2. The Labute approximate surface area is 143 Å². The van der Waals surface area contributed by atoms with E-state index in [2.05, 4.69) is 5.32 Å². The van der Waals surface area contributed by atoms with Crippen LogP contribution in [0.25, 0.3) is 0 Å². The maximum atomic E-state index is 13.7. The SMILES string of the molecule is COc1ccc(NC(=O)c2ccc(F)cc2F)cc1N1CCCC1=O. The van der Waals surface area contributed by atoms with Crippen molar-refractivity contribution < 1.29 is 23.1 Å². The largest absolute Gasteiger partial charge is 0.495 e. The van der Waals surface area contributed by atoms with Gasteiger partial charge >= 0.3 is 0 Å². The first-order valence-electron chi connectivity index (χ1n) is 7.74. The number of ether oxygens (including phenoxy) is 1. The van der Waals surface area contributed by atoms with Crippen LogP contribution in [0.1, 0.15) is 23.2 Å². The fraction of sp³-hybridized carbons (Fsp3) is 0.222. The third kappa shape index (κ3) is 3.45. The maximum absolute atomic E-state index is 13.7. The lowest BCUT2D eigenvalue weighted by molar-refractivity contribution is -0.117. The number of carbonyl (C=O) groups excluding carboxylic acids is 2. The minimum Gasteiger partial charge on any atom is -0.495 e. The van der Waals surface area contributed by atoms with Crippen molar-refractivity contribution in [2.45, 2.75) is 12.8 Å². The Morgan fingerprint density at radius 1 is 1.20 bits per heavy atom. The summed E-state index contributed by atoms with van der Waals surface area (Å²) < 4.78 is 32.0. The molecule has 0 atom stereocenters. The summed E-state index contributed by atoms with van der Waals surface area (Å²) in [4.78, 5) is 25.8. The Balaban J connectivity index is 1.87. The molecule has 0 aliphatic carbocycles. The highest BCUT2D eigenvalue weighted by Crippen LogP contribution is 2.34. The number of methoxy groups -OCH3 is 1. The topological polar surface area (TPSA) is 58.6 Å². The highest BCUT2D eigenvalue weighted by Gasteiger charge is 2.25. The van der Waals surface area contributed by atoms with Crippen molar-refractivity contribution in [2.24, 2.45) is 0 Å². The summed E-state index contributed by atoms with van der Waals surface area (Å²) in [6, 6.07) is 7.55. The first-order chi connectivity index (χ1) is 12.0. The summed E-state index contributed by atoms with van der Waals surface area (Å²) in [5.41, 5.74) is 0.655. The third-order valence-electron chi connectivity index (χ3n) is 3.98. The van der Waals surface area contributed by atoms with Crippen LogP contribution in [0.2, 0.25) is 0 Å². The van der Waals surface area contributed by atoms with E-state index in [0.717, 1.165) is 18.6 Å². The van der Waals surface area contributed by atoms with Gasteiger partial charge in [0.25, 0.3) is 5.91 Å². The van der Waals surface area contributed by atoms with Gasteiger partial charge in [0.05, 0.1) is 18.4 Å². The normalized spacial score (nSPS) is 13.9. The van der Waals surface area contributed by atoms with Crippen molar-refractivity contribution in [3.8, 4) is 5.75 Å². The van der Waals surface area contributed by atoms with Gasteiger partial charge in [-0.3, -0.25) is 9.59 Å². The van der Waals surface area contributed by atoms with Crippen LogP contribution in [0.15, 0.2) is 36.4 Å². The number of rotatable bonds is 4. The van der Waals surface area contributed by atoms with E-state index in [4.69, 9.17) is 4.74 Å². The zero-order valence-electron chi connectivity index (χ0n) is 13.5. The summed E-state index contributed by atoms with van der Waals surface area (Å²) in [6.07, 6.45) is 1.21. The maximum Gasteiger partial charge on any atom is 0.258 e. The Morgan fingerprint density at radius 3 is 2.64 bits per heavy atom. The molecule has 1 fully saturated rings. The van der Waals surface area contributed by atoms with Crippen LogP contribution >= 0.6 is 0 Å². The van der Waals surface area contributed by atoms with Gasteiger partial charge in [0.15, 0.2) is 0 Å².